The molecule has 3 heterocycles. The second-order valence-corrected chi connectivity index (χ2v) is 6.59. The SMILES string of the molecule is NS(=O)(=O)c1coc2c1C1=Cc3ccccc3CN1C=C2. The molecule has 0 spiro atoms. The largest absolute Gasteiger partial charge is 0.463 e. The second-order valence-electron chi connectivity index (χ2n) is 5.06. The monoisotopic (exact) mass is 300 g/mol. The standard InChI is InChI=1S/C15H12N2O3S/c16-21(18,19)14-9-20-13-5-6-17-8-11-4-2-1-3-10(11)7-12(17)15(13)14/h1-7,9H,8H2,(H2,16,18,19). The Bertz CT molecular complexity index is 907. The highest BCUT2D eigenvalue weighted by atomic mass is 32.2. The van der Waals surface area contributed by atoms with Gasteiger partial charge in [-0.3, -0.25) is 0 Å². The minimum absolute atomic E-state index is 0.0254. The molecule has 0 saturated heterocycles. The number of hydrogen-bond donors (Lipinski definition) is 1. The van der Waals surface area contributed by atoms with Gasteiger partial charge in [-0.15, -0.1) is 0 Å². The first kappa shape index (κ1) is 12.4. The molecule has 2 aromatic rings. The first-order valence-corrected chi connectivity index (χ1v) is 7.98. The maximum atomic E-state index is 11.7. The van der Waals surface area contributed by atoms with Crippen LogP contribution in [0, 0.1) is 0 Å². The molecule has 6 heteroatoms. The zero-order valence-corrected chi connectivity index (χ0v) is 11.8. The van der Waals surface area contributed by atoms with Gasteiger partial charge in [0.2, 0.25) is 10.0 Å². The van der Waals surface area contributed by atoms with Crippen LogP contribution < -0.4 is 5.14 Å². The van der Waals surface area contributed by atoms with Gasteiger partial charge in [0.15, 0.2) is 0 Å². The summed E-state index contributed by atoms with van der Waals surface area (Å²) in [5, 5.41) is 5.28. The lowest BCUT2D eigenvalue weighted by atomic mass is 9.97. The fourth-order valence-corrected chi connectivity index (χ4v) is 3.44. The van der Waals surface area contributed by atoms with Crippen LogP contribution in [0.3, 0.4) is 0 Å². The molecular weight excluding hydrogens is 288 g/mol. The van der Waals surface area contributed by atoms with Crippen molar-refractivity contribution in [2.45, 2.75) is 11.4 Å². The molecule has 4 rings (SSSR count). The Morgan fingerprint density at radius 3 is 2.86 bits per heavy atom. The minimum Gasteiger partial charge on any atom is -0.463 e. The quantitative estimate of drug-likeness (QED) is 0.876. The molecule has 0 bridgehead atoms. The van der Waals surface area contributed by atoms with Crippen molar-refractivity contribution in [3.8, 4) is 0 Å². The van der Waals surface area contributed by atoms with E-state index in [1.165, 1.54) is 11.8 Å². The van der Waals surface area contributed by atoms with Crippen molar-refractivity contribution in [1.82, 2.24) is 4.90 Å². The molecule has 1 aromatic heterocycles. The van der Waals surface area contributed by atoms with Crippen LogP contribution in [0.1, 0.15) is 22.5 Å². The van der Waals surface area contributed by atoms with Crippen LogP contribution >= 0.6 is 0 Å². The van der Waals surface area contributed by atoms with Gasteiger partial charge < -0.3 is 9.32 Å². The van der Waals surface area contributed by atoms with E-state index < -0.39 is 10.0 Å². The van der Waals surface area contributed by atoms with E-state index in [-0.39, 0.29) is 4.90 Å². The van der Waals surface area contributed by atoms with Gasteiger partial charge in [-0.1, -0.05) is 24.3 Å². The smallest absolute Gasteiger partial charge is 0.241 e. The number of furan rings is 1. The van der Waals surface area contributed by atoms with Crippen LogP contribution in [0.5, 0.6) is 0 Å². The summed E-state index contributed by atoms with van der Waals surface area (Å²) in [6.45, 7) is 0.688. The summed E-state index contributed by atoms with van der Waals surface area (Å²) in [6, 6.07) is 8.02. The van der Waals surface area contributed by atoms with Crippen molar-refractivity contribution >= 4 is 27.9 Å². The fraction of sp³-hybridized carbons (Fsp3) is 0.0667. The molecule has 5 nitrogen and oxygen atoms in total. The van der Waals surface area contributed by atoms with Gasteiger partial charge in [-0.25, -0.2) is 13.6 Å². The number of nitrogens with zero attached hydrogens (tertiary/aromatic N) is 1. The van der Waals surface area contributed by atoms with Crippen molar-refractivity contribution in [2.24, 2.45) is 5.14 Å². The van der Waals surface area contributed by atoms with E-state index in [0.29, 0.717) is 17.9 Å². The molecule has 21 heavy (non-hydrogen) atoms. The predicted octanol–water partition coefficient (Wildman–Crippen LogP) is 2.23. The van der Waals surface area contributed by atoms with Crippen LogP contribution in [0.2, 0.25) is 0 Å². The summed E-state index contributed by atoms with van der Waals surface area (Å²) in [4.78, 5) is 2.02. The Kier molecular flexibility index (Phi) is 2.42. The number of rotatable bonds is 1. The lowest BCUT2D eigenvalue weighted by molar-refractivity contribution is 0.506. The van der Waals surface area contributed by atoms with E-state index in [2.05, 4.69) is 6.07 Å². The van der Waals surface area contributed by atoms with Crippen LogP contribution in [-0.4, -0.2) is 13.3 Å². The van der Waals surface area contributed by atoms with Crippen LogP contribution in [0.4, 0.5) is 0 Å². The molecule has 0 unspecified atom stereocenters. The van der Waals surface area contributed by atoms with Crippen LogP contribution in [0.15, 0.2) is 46.0 Å². The summed E-state index contributed by atoms with van der Waals surface area (Å²) in [7, 11) is -3.82. The summed E-state index contributed by atoms with van der Waals surface area (Å²) in [6.07, 6.45) is 6.82. The van der Waals surface area contributed by atoms with E-state index in [1.807, 2.05) is 35.4 Å². The predicted molar refractivity (Wildman–Crippen MR) is 79.0 cm³/mol. The van der Waals surface area contributed by atoms with Gasteiger partial charge in [0, 0.05) is 12.7 Å². The molecule has 0 aliphatic carbocycles. The van der Waals surface area contributed by atoms with Crippen LogP contribution in [-0.2, 0) is 16.6 Å². The van der Waals surface area contributed by atoms with Crippen molar-refractivity contribution in [1.29, 1.82) is 0 Å². The highest BCUT2D eigenvalue weighted by molar-refractivity contribution is 7.89. The molecule has 2 aliphatic heterocycles. The van der Waals surface area contributed by atoms with E-state index in [9.17, 15) is 8.42 Å². The van der Waals surface area contributed by atoms with Gasteiger partial charge in [-0.05, 0) is 23.3 Å². The number of sulfonamides is 1. The molecule has 1 aromatic carbocycles. The first-order valence-electron chi connectivity index (χ1n) is 6.43. The molecule has 0 atom stereocenters. The lowest BCUT2D eigenvalue weighted by Crippen LogP contribution is -2.23. The Hall–Kier alpha value is -2.31. The maximum absolute atomic E-state index is 11.7. The fourth-order valence-electron chi connectivity index (χ4n) is 2.77. The lowest BCUT2D eigenvalue weighted by Gasteiger charge is -2.31. The van der Waals surface area contributed by atoms with E-state index in [1.54, 1.807) is 6.08 Å². The molecule has 2 N–H and O–H groups in total. The zero-order valence-electron chi connectivity index (χ0n) is 11.0. The van der Waals surface area contributed by atoms with Gasteiger partial charge in [0.25, 0.3) is 0 Å². The molecule has 0 fully saturated rings. The molecular formula is C15H12N2O3S. The van der Waals surface area contributed by atoms with E-state index in [4.69, 9.17) is 9.56 Å². The molecule has 0 saturated carbocycles. The van der Waals surface area contributed by atoms with Crippen molar-refractivity contribution in [3.63, 3.8) is 0 Å². The topological polar surface area (TPSA) is 76.5 Å². The summed E-state index contributed by atoms with van der Waals surface area (Å²) in [5.74, 6) is 0.515. The number of fused-ring (bicyclic) bond motifs is 4. The van der Waals surface area contributed by atoms with Gasteiger partial charge >= 0.3 is 0 Å². The number of nitrogens with two attached hydrogens (primary N) is 1. The van der Waals surface area contributed by atoms with E-state index >= 15 is 0 Å². The summed E-state index contributed by atoms with van der Waals surface area (Å²) in [5.41, 5.74) is 3.60. The summed E-state index contributed by atoms with van der Waals surface area (Å²) >= 11 is 0. The number of primary sulfonamides is 1. The van der Waals surface area contributed by atoms with Crippen molar-refractivity contribution in [3.05, 3.63) is 59.2 Å². The average Bonchev–Trinajstić information content (AvgIpc) is 2.89. The Labute approximate surface area is 122 Å². The van der Waals surface area contributed by atoms with Crippen molar-refractivity contribution in [2.75, 3.05) is 0 Å². The second kappa shape index (κ2) is 4.09. The highest BCUT2D eigenvalue weighted by Gasteiger charge is 2.30. The molecule has 0 radical (unpaired) electrons. The van der Waals surface area contributed by atoms with Crippen molar-refractivity contribution < 1.29 is 12.8 Å². The Balaban J connectivity index is 1.99. The van der Waals surface area contributed by atoms with Gasteiger partial charge in [0.05, 0.1) is 11.3 Å². The Morgan fingerprint density at radius 1 is 1.24 bits per heavy atom. The third-order valence-corrected chi connectivity index (χ3v) is 4.67. The van der Waals surface area contributed by atoms with Crippen LogP contribution in [0.25, 0.3) is 17.8 Å². The van der Waals surface area contributed by atoms with E-state index in [0.717, 1.165) is 11.3 Å². The zero-order chi connectivity index (χ0) is 14.6. The third kappa shape index (κ3) is 1.84. The first-order chi connectivity index (χ1) is 10.0. The highest BCUT2D eigenvalue weighted by Crippen LogP contribution is 2.40. The van der Waals surface area contributed by atoms with Gasteiger partial charge in [-0.2, -0.15) is 0 Å². The Morgan fingerprint density at radius 2 is 2.05 bits per heavy atom. The summed E-state index contributed by atoms with van der Waals surface area (Å²) < 4.78 is 28.8. The van der Waals surface area contributed by atoms with Gasteiger partial charge in [0.1, 0.15) is 16.9 Å². The molecule has 2 aliphatic rings. The number of benzene rings is 1. The number of hydrogen-bond acceptors (Lipinski definition) is 4. The molecule has 106 valence electrons. The minimum atomic E-state index is -3.82. The average molecular weight is 300 g/mol. The third-order valence-electron chi connectivity index (χ3n) is 3.75. The maximum Gasteiger partial charge on any atom is 0.241 e. The molecule has 0 amide bonds. The normalized spacial score (nSPS) is 16.0.